The predicted molar refractivity (Wildman–Crippen MR) is 89.8 cm³/mol. The zero-order valence-corrected chi connectivity index (χ0v) is 13.1. The van der Waals surface area contributed by atoms with Crippen LogP contribution in [0.25, 0.3) is 16.7 Å². The molecule has 1 N–H and O–H groups in total. The van der Waals surface area contributed by atoms with Gasteiger partial charge < -0.3 is 10.0 Å². The first-order valence-corrected chi connectivity index (χ1v) is 7.93. The van der Waals surface area contributed by atoms with Gasteiger partial charge in [-0.15, -0.1) is 0 Å². The molecule has 0 bridgehead atoms. The van der Waals surface area contributed by atoms with Gasteiger partial charge in [0.1, 0.15) is 11.9 Å². The molecule has 0 radical (unpaired) electrons. The number of pyridine rings is 1. The summed E-state index contributed by atoms with van der Waals surface area (Å²) in [7, 11) is 1.99. The van der Waals surface area contributed by atoms with E-state index in [1.165, 1.54) is 5.56 Å². The summed E-state index contributed by atoms with van der Waals surface area (Å²) in [6, 6.07) is 10.3. The zero-order chi connectivity index (χ0) is 16.0. The van der Waals surface area contributed by atoms with E-state index in [4.69, 9.17) is 4.98 Å². The molecule has 0 fully saturated rings. The van der Waals surface area contributed by atoms with Gasteiger partial charge in [0.15, 0.2) is 5.65 Å². The van der Waals surface area contributed by atoms with Crippen molar-refractivity contribution in [1.29, 1.82) is 5.26 Å². The molecule has 5 heteroatoms. The van der Waals surface area contributed by atoms with Gasteiger partial charge in [-0.3, -0.25) is 4.40 Å². The van der Waals surface area contributed by atoms with Crippen molar-refractivity contribution in [2.24, 2.45) is 0 Å². The van der Waals surface area contributed by atoms with Crippen molar-refractivity contribution in [3.05, 3.63) is 41.0 Å². The summed E-state index contributed by atoms with van der Waals surface area (Å²) in [5, 5.41) is 19.1. The van der Waals surface area contributed by atoms with Crippen LogP contribution in [-0.4, -0.2) is 34.7 Å². The van der Waals surface area contributed by atoms with Crippen LogP contribution in [-0.2, 0) is 12.8 Å². The highest BCUT2D eigenvalue weighted by Gasteiger charge is 2.27. The molecule has 0 aliphatic heterocycles. The number of para-hydroxylation sites is 2. The number of nitrogens with zero attached hydrogens (tertiary/aromatic N) is 4. The van der Waals surface area contributed by atoms with Crippen LogP contribution < -0.4 is 4.90 Å². The number of nitriles is 1. The number of aliphatic hydroxyl groups excluding tert-OH is 1. The van der Waals surface area contributed by atoms with E-state index >= 15 is 0 Å². The van der Waals surface area contributed by atoms with E-state index in [0.29, 0.717) is 12.1 Å². The third kappa shape index (κ3) is 1.92. The van der Waals surface area contributed by atoms with Crippen molar-refractivity contribution in [3.63, 3.8) is 0 Å². The number of benzene rings is 1. The predicted octanol–water partition coefficient (Wildman–Crippen LogP) is 2.28. The van der Waals surface area contributed by atoms with Crippen LogP contribution >= 0.6 is 0 Å². The second-order valence-corrected chi connectivity index (χ2v) is 6.03. The smallest absolute Gasteiger partial charge is 0.157 e. The van der Waals surface area contributed by atoms with Gasteiger partial charge in [-0.2, -0.15) is 5.26 Å². The van der Waals surface area contributed by atoms with Gasteiger partial charge in [-0.25, -0.2) is 4.98 Å². The monoisotopic (exact) mass is 306 g/mol. The van der Waals surface area contributed by atoms with E-state index in [1.807, 2.05) is 31.3 Å². The lowest BCUT2D eigenvalue weighted by Crippen LogP contribution is -2.25. The van der Waals surface area contributed by atoms with Crippen molar-refractivity contribution in [1.82, 2.24) is 9.38 Å². The highest BCUT2D eigenvalue weighted by Crippen LogP contribution is 2.37. The minimum Gasteiger partial charge on any atom is -0.395 e. The summed E-state index contributed by atoms with van der Waals surface area (Å²) in [5.41, 5.74) is 5.70. The molecule has 0 saturated carbocycles. The Morgan fingerprint density at radius 3 is 2.87 bits per heavy atom. The Labute approximate surface area is 134 Å². The van der Waals surface area contributed by atoms with Crippen molar-refractivity contribution in [3.8, 4) is 6.07 Å². The maximum absolute atomic E-state index is 9.70. The second-order valence-electron chi connectivity index (χ2n) is 6.03. The van der Waals surface area contributed by atoms with Gasteiger partial charge in [0.25, 0.3) is 0 Å². The van der Waals surface area contributed by atoms with Crippen molar-refractivity contribution >= 4 is 22.5 Å². The average Bonchev–Trinajstić information content (AvgIpc) is 3.17. The Morgan fingerprint density at radius 2 is 2.09 bits per heavy atom. The van der Waals surface area contributed by atoms with Crippen LogP contribution in [0.1, 0.15) is 23.1 Å². The van der Waals surface area contributed by atoms with E-state index in [-0.39, 0.29) is 6.61 Å². The minimum atomic E-state index is 0.0966. The second kappa shape index (κ2) is 5.25. The van der Waals surface area contributed by atoms with Crippen molar-refractivity contribution < 1.29 is 5.11 Å². The summed E-state index contributed by atoms with van der Waals surface area (Å²) in [5.74, 6) is 1.06. The van der Waals surface area contributed by atoms with E-state index < -0.39 is 0 Å². The fourth-order valence-corrected chi connectivity index (χ4v) is 3.72. The summed E-state index contributed by atoms with van der Waals surface area (Å²) >= 11 is 0. The number of anilines is 1. The number of likely N-dealkylation sites (N-methyl/N-ethyl adjacent to an activating group) is 1. The van der Waals surface area contributed by atoms with Crippen LogP contribution in [0.2, 0.25) is 0 Å². The van der Waals surface area contributed by atoms with E-state index in [2.05, 4.69) is 15.4 Å². The van der Waals surface area contributed by atoms with Gasteiger partial charge in [-0.05, 0) is 42.5 Å². The average molecular weight is 306 g/mol. The lowest BCUT2D eigenvalue weighted by atomic mass is 10.1. The Balaban J connectivity index is 2.19. The molecule has 3 aromatic rings. The SMILES string of the molecule is CN(CCO)c1c2c(c(C#N)c3nc4ccccc4n13)CCC2. The van der Waals surface area contributed by atoms with E-state index in [0.717, 1.165) is 47.3 Å². The van der Waals surface area contributed by atoms with Gasteiger partial charge in [-0.1, -0.05) is 12.1 Å². The van der Waals surface area contributed by atoms with Crippen LogP contribution in [0.3, 0.4) is 0 Å². The number of imidazole rings is 1. The topological polar surface area (TPSA) is 64.6 Å². The standard InChI is InChI=1S/C18H18N4O/c1-21(9-10-23)18-13-6-4-5-12(13)14(11-19)17-20-15-7-2-3-8-16(15)22(17)18/h2-3,7-8,23H,4-6,9-10H2,1H3. The van der Waals surface area contributed by atoms with E-state index in [1.54, 1.807) is 0 Å². The van der Waals surface area contributed by atoms with Crippen LogP contribution in [0, 0.1) is 11.3 Å². The maximum atomic E-state index is 9.70. The largest absolute Gasteiger partial charge is 0.395 e. The van der Waals surface area contributed by atoms with Crippen LogP contribution in [0.4, 0.5) is 5.82 Å². The third-order valence-electron chi connectivity index (χ3n) is 4.69. The van der Waals surface area contributed by atoms with E-state index in [9.17, 15) is 10.4 Å². The molecule has 4 rings (SSSR count). The molecule has 1 aromatic carbocycles. The molecule has 0 amide bonds. The fraction of sp³-hybridized carbons (Fsp3) is 0.333. The number of rotatable bonds is 3. The lowest BCUT2D eigenvalue weighted by molar-refractivity contribution is 0.303. The van der Waals surface area contributed by atoms with Gasteiger partial charge in [0.2, 0.25) is 0 Å². The lowest BCUT2D eigenvalue weighted by Gasteiger charge is -2.24. The quantitative estimate of drug-likeness (QED) is 0.806. The molecule has 5 nitrogen and oxygen atoms in total. The molecule has 0 spiro atoms. The summed E-state index contributed by atoms with van der Waals surface area (Å²) in [6.07, 6.45) is 2.96. The summed E-state index contributed by atoms with van der Waals surface area (Å²) < 4.78 is 2.09. The molecule has 2 aromatic heterocycles. The van der Waals surface area contributed by atoms with Crippen LogP contribution in [0.15, 0.2) is 24.3 Å². The Kier molecular flexibility index (Phi) is 3.21. The highest BCUT2D eigenvalue weighted by molar-refractivity contribution is 5.86. The Bertz CT molecular complexity index is 951. The van der Waals surface area contributed by atoms with Gasteiger partial charge in [0, 0.05) is 13.6 Å². The molecule has 2 heterocycles. The Morgan fingerprint density at radius 1 is 1.30 bits per heavy atom. The highest BCUT2D eigenvalue weighted by atomic mass is 16.3. The zero-order valence-electron chi connectivity index (χ0n) is 13.1. The molecule has 0 atom stereocenters. The number of aromatic nitrogens is 2. The van der Waals surface area contributed by atoms with Crippen molar-refractivity contribution in [2.45, 2.75) is 19.3 Å². The number of hydrogen-bond donors (Lipinski definition) is 1. The first-order valence-electron chi connectivity index (χ1n) is 7.93. The maximum Gasteiger partial charge on any atom is 0.157 e. The normalized spacial score (nSPS) is 13.4. The van der Waals surface area contributed by atoms with Gasteiger partial charge in [0.05, 0.1) is 23.2 Å². The Hall–Kier alpha value is -2.58. The van der Waals surface area contributed by atoms with Crippen molar-refractivity contribution in [2.75, 3.05) is 25.1 Å². The summed E-state index contributed by atoms with van der Waals surface area (Å²) in [4.78, 5) is 6.79. The molecular weight excluding hydrogens is 288 g/mol. The molecular formula is C18H18N4O. The number of hydrogen-bond acceptors (Lipinski definition) is 4. The fourth-order valence-electron chi connectivity index (χ4n) is 3.72. The minimum absolute atomic E-state index is 0.0966. The van der Waals surface area contributed by atoms with Gasteiger partial charge >= 0.3 is 0 Å². The third-order valence-corrected chi connectivity index (χ3v) is 4.69. The number of fused-ring (bicyclic) bond motifs is 4. The molecule has 1 aliphatic carbocycles. The molecule has 1 aliphatic rings. The first kappa shape index (κ1) is 14.0. The molecule has 116 valence electrons. The first-order chi connectivity index (χ1) is 11.3. The number of aliphatic hydroxyl groups is 1. The molecule has 0 saturated heterocycles. The summed E-state index contributed by atoms with van der Waals surface area (Å²) in [6.45, 7) is 0.652. The molecule has 0 unspecified atom stereocenters. The molecule has 23 heavy (non-hydrogen) atoms. The van der Waals surface area contributed by atoms with Crippen LogP contribution in [0.5, 0.6) is 0 Å².